The van der Waals surface area contributed by atoms with Crippen LogP contribution in [0.4, 0.5) is 4.79 Å². The second kappa shape index (κ2) is 9.54. The highest BCUT2D eigenvalue weighted by atomic mass is 16.6. The van der Waals surface area contributed by atoms with E-state index in [4.69, 9.17) is 14.2 Å². The third-order valence-electron chi connectivity index (χ3n) is 4.23. The Bertz CT molecular complexity index is 754. The highest BCUT2D eigenvalue weighted by molar-refractivity contribution is 6.03. The van der Waals surface area contributed by atoms with E-state index in [1.165, 1.54) is 0 Å². The van der Waals surface area contributed by atoms with Crippen LogP contribution in [0.3, 0.4) is 0 Å². The molecule has 1 aromatic carbocycles. The first-order valence-corrected chi connectivity index (χ1v) is 9.52. The summed E-state index contributed by atoms with van der Waals surface area (Å²) in [5.41, 5.74) is -0.0257. The normalized spacial score (nSPS) is 19.4. The molecule has 1 aromatic rings. The highest BCUT2D eigenvalue weighted by Gasteiger charge is 2.46. The molecule has 2 rings (SSSR count). The minimum atomic E-state index is -1.16. The molecule has 8 heteroatoms. The van der Waals surface area contributed by atoms with Gasteiger partial charge in [0.05, 0.1) is 6.61 Å². The first kappa shape index (κ1) is 22.4. The third-order valence-corrected chi connectivity index (χ3v) is 4.23. The summed E-state index contributed by atoms with van der Waals surface area (Å²) in [5, 5.41) is 0. The maximum absolute atomic E-state index is 12.7. The Labute approximate surface area is 170 Å². The quantitative estimate of drug-likeness (QED) is 0.421. The van der Waals surface area contributed by atoms with Gasteiger partial charge in [-0.3, -0.25) is 14.5 Å². The first-order valence-electron chi connectivity index (χ1n) is 9.52. The van der Waals surface area contributed by atoms with Crippen LogP contribution < -0.4 is 0 Å². The smallest absolute Gasteiger partial charge is 0.410 e. The summed E-state index contributed by atoms with van der Waals surface area (Å²) in [6.45, 7) is 6.50. The molecule has 0 N–H and O–H groups in total. The molecule has 1 heterocycles. The topological polar surface area (TPSA) is 99.2 Å². The fourth-order valence-electron chi connectivity index (χ4n) is 2.90. The number of likely N-dealkylation sites (tertiary alicyclic amines) is 1. The van der Waals surface area contributed by atoms with Gasteiger partial charge in [-0.05, 0) is 33.3 Å². The lowest BCUT2D eigenvalue weighted by molar-refractivity contribution is -0.167. The van der Waals surface area contributed by atoms with E-state index in [-0.39, 0.29) is 26.2 Å². The Kier molecular flexibility index (Phi) is 7.36. The van der Waals surface area contributed by atoms with Gasteiger partial charge in [-0.1, -0.05) is 30.3 Å². The average Bonchev–Trinajstić information content (AvgIpc) is 2.65. The van der Waals surface area contributed by atoms with Crippen LogP contribution in [0.15, 0.2) is 30.3 Å². The fraction of sp³-hybridized carbons (Fsp3) is 0.524. The highest BCUT2D eigenvalue weighted by Crippen LogP contribution is 2.24. The second-order valence-corrected chi connectivity index (χ2v) is 7.72. The predicted molar refractivity (Wildman–Crippen MR) is 103 cm³/mol. The zero-order chi connectivity index (χ0) is 21.6. The first-order chi connectivity index (χ1) is 13.6. The summed E-state index contributed by atoms with van der Waals surface area (Å²) in [6, 6.07) is 7.88. The van der Waals surface area contributed by atoms with Gasteiger partial charge in [0.15, 0.2) is 5.78 Å². The maximum Gasteiger partial charge on any atom is 0.410 e. The Balaban J connectivity index is 2.19. The largest absolute Gasteiger partial charge is 0.465 e. The summed E-state index contributed by atoms with van der Waals surface area (Å²) in [7, 11) is 0. The number of nitrogens with zero attached hydrogens (tertiary/aromatic N) is 1. The monoisotopic (exact) mass is 405 g/mol. The number of Topliss-reactive ketones (excluding diaryl/α,β-unsaturated/α-hetero) is 1. The third kappa shape index (κ3) is 6.30. The lowest BCUT2D eigenvalue weighted by Crippen LogP contribution is -2.56. The van der Waals surface area contributed by atoms with Gasteiger partial charge in [0.25, 0.3) is 0 Å². The van der Waals surface area contributed by atoms with Crippen molar-refractivity contribution in [2.45, 2.75) is 52.4 Å². The van der Waals surface area contributed by atoms with E-state index in [0.29, 0.717) is 0 Å². The molecule has 8 nitrogen and oxygen atoms in total. The Hall–Kier alpha value is -2.90. The molecule has 1 amide bonds. The molecule has 158 valence electrons. The van der Waals surface area contributed by atoms with Gasteiger partial charge in [0, 0.05) is 13.0 Å². The number of ketones is 1. The van der Waals surface area contributed by atoms with Crippen molar-refractivity contribution in [1.82, 2.24) is 4.90 Å². The lowest BCUT2D eigenvalue weighted by Gasteiger charge is -2.36. The number of hydrogen-bond donors (Lipinski definition) is 0. The summed E-state index contributed by atoms with van der Waals surface area (Å²) in [4.78, 5) is 51.0. The molecule has 29 heavy (non-hydrogen) atoms. The van der Waals surface area contributed by atoms with Crippen molar-refractivity contribution in [2.75, 3.05) is 13.2 Å². The van der Waals surface area contributed by atoms with E-state index in [0.717, 1.165) is 10.5 Å². The van der Waals surface area contributed by atoms with E-state index in [9.17, 15) is 19.2 Å². The summed E-state index contributed by atoms with van der Waals surface area (Å²) in [5.74, 6) is -3.06. The van der Waals surface area contributed by atoms with Gasteiger partial charge < -0.3 is 14.2 Å². The van der Waals surface area contributed by atoms with Gasteiger partial charge in [-0.15, -0.1) is 0 Å². The zero-order valence-electron chi connectivity index (χ0n) is 17.2. The molecule has 0 spiro atoms. The van der Waals surface area contributed by atoms with Gasteiger partial charge in [0.1, 0.15) is 24.2 Å². The number of piperidine rings is 1. The molecule has 0 aromatic heterocycles. The second-order valence-electron chi connectivity index (χ2n) is 7.72. The SMILES string of the molecule is CCOC(=O)C1CN(C(=O)OCc2ccccc2)[C@H](C(=O)OC(C)(C)C)CC1=O. The van der Waals surface area contributed by atoms with E-state index in [1.807, 2.05) is 18.2 Å². The van der Waals surface area contributed by atoms with Crippen molar-refractivity contribution < 1.29 is 33.4 Å². The van der Waals surface area contributed by atoms with Crippen molar-refractivity contribution in [3.8, 4) is 0 Å². The van der Waals surface area contributed by atoms with Crippen LogP contribution in [-0.2, 0) is 35.2 Å². The molecule has 2 atom stereocenters. The minimum absolute atomic E-state index is 0.00473. The number of carbonyl (C=O) groups is 4. The van der Waals surface area contributed by atoms with Crippen molar-refractivity contribution in [2.24, 2.45) is 5.92 Å². The molecule has 0 bridgehead atoms. The molecule has 1 aliphatic rings. The maximum atomic E-state index is 12.7. The standard InChI is InChI=1S/C21H27NO7/c1-5-27-18(24)15-12-22(20(26)28-13-14-9-7-6-8-10-14)16(11-17(15)23)19(25)29-21(2,3)4/h6-10,15-16H,5,11-13H2,1-4H3/t15?,16-/m0/s1. The van der Waals surface area contributed by atoms with Gasteiger partial charge >= 0.3 is 18.0 Å². The number of ether oxygens (including phenoxy) is 3. The molecule has 0 radical (unpaired) electrons. The number of esters is 2. The van der Waals surface area contributed by atoms with Gasteiger partial charge in [-0.25, -0.2) is 9.59 Å². The Morgan fingerprint density at radius 2 is 1.72 bits per heavy atom. The number of rotatable bonds is 5. The predicted octanol–water partition coefficient (Wildman–Crippen LogP) is 2.49. The summed E-state index contributed by atoms with van der Waals surface area (Å²) < 4.78 is 15.6. The van der Waals surface area contributed by atoms with Crippen molar-refractivity contribution >= 4 is 23.8 Å². The van der Waals surface area contributed by atoms with Gasteiger partial charge in [-0.2, -0.15) is 0 Å². The molecule has 1 saturated heterocycles. The number of hydrogen-bond acceptors (Lipinski definition) is 7. The Morgan fingerprint density at radius 3 is 2.31 bits per heavy atom. The van der Waals surface area contributed by atoms with Crippen LogP contribution in [-0.4, -0.2) is 53.5 Å². The average molecular weight is 405 g/mol. The molecular weight excluding hydrogens is 378 g/mol. The number of amides is 1. The van der Waals surface area contributed by atoms with Crippen LogP contribution in [0.2, 0.25) is 0 Å². The lowest BCUT2D eigenvalue weighted by atomic mass is 9.91. The fourth-order valence-corrected chi connectivity index (χ4v) is 2.90. The van der Waals surface area contributed by atoms with Crippen LogP contribution >= 0.6 is 0 Å². The zero-order valence-corrected chi connectivity index (χ0v) is 17.2. The van der Waals surface area contributed by atoms with Crippen molar-refractivity contribution in [3.05, 3.63) is 35.9 Å². The molecule has 1 fully saturated rings. The van der Waals surface area contributed by atoms with E-state index in [2.05, 4.69) is 0 Å². The summed E-state index contributed by atoms with van der Waals surface area (Å²) >= 11 is 0. The minimum Gasteiger partial charge on any atom is -0.465 e. The van der Waals surface area contributed by atoms with Crippen LogP contribution in [0, 0.1) is 5.92 Å². The molecule has 0 saturated carbocycles. The van der Waals surface area contributed by atoms with Crippen LogP contribution in [0.25, 0.3) is 0 Å². The van der Waals surface area contributed by atoms with Crippen LogP contribution in [0.1, 0.15) is 39.7 Å². The van der Waals surface area contributed by atoms with Crippen molar-refractivity contribution in [1.29, 1.82) is 0 Å². The van der Waals surface area contributed by atoms with Crippen LogP contribution in [0.5, 0.6) is 0 Å². The molecule has 1 aliphatic heterocycles. The van der Waals surface area contributed by atoms with E-state index >= 15 is 0 Å². The van der Waals surface area contributed by atoms with E-state index in [1.54, 1.807) is 39.8 Å². The van der Waals surface area contributed by atoms with Crippen molar-refractivity contribution in [3.63, 3.8) is 0 Å². The molecular formula is C21H27NO7. The number of carbonyl (C=O) groups excluding carboxylic acids is 4. The van der Waals surface area contributed by atoms with E-state index < -0.39 is 41.4 Å². The molecule has 0 aliphatic carbocycles. The Morgan fingerprint density at radius 1 is 1.07 bits per heavy atom. The summed E-state index contributed by atoms with van der Waals surface area (Å²) in [6.07, 6.45) is -1.13. The molecule has 1 unspecified atom stereocenters. The van der Waals surface area contributed by atoms with Gasteiger partial charge in [0.2, 0.25) is 0 Å². The number of benzene rings is 1.